The number of rotatable bonds is 2. The summed E-state index contributed by atoms with van der Waals surface area (Å²) in [6, 6.07) is 9.23. The summed E-state index contributed by atoms with van der Waals surface area (Å²) in [6.45, 7) is 2.88. The lowest BCUT2D eigenvalue weighted by molar-refractivity contribution is -0.130. The van der Waals surface area contributed by atoms with Crippen LogP contribution in [0.4, 0.5) is 0 Å². The second kappa shape index (κ2) is 5.51. The highest BCUT2D eigenvalue weighted by molar-refractivity contribution is 5.73. The van der Waals surface area contributed by atoms with Crippen LogP contribution in [-0.4, -0.2) is 43.7 Å². The summed E-state index contributed by atoms with van der Waals surface area (Å²) in [5, 5.41) is 7.95. The molecule has 0 bridgehead atoms. The highest BCUT2D eigenvalue weighted by atomic mass is 16.2. The molecule has 1 fully saturated rings. The molecule has 0 unspecified atom stereocenters. The normalized spacial score (nSPS) is 16.1. The van der Waals surface area contributed by atoms with Crippen molar-refractivity contribution in [1.82, 2.24) is 24.7 Å². The molecule has 1 amide bonds. The third-order valence-electron chi connectivity index (χ3n) is 3.86. The molecular weight excluding hydrogens is 270 g/mol. The van der Waals surface area contributed by atoms with Gasteiger partial charge in [0, 0.05) is 20.0 Å². The minimum absolute atomic E-state index is 0.00515. The maximum Gasteiger partial charge on any atom is 0.368 e. The van der Waals surface area contributed by atoms with Crippen molar-refractivity contribution < 1.29 is 4.79 Å². The topological polar surface area (TPSA) is 73.0 Å². The van der Waals surface area contributed by atoms with Crippen LogP contribution in [0, 0.1) is 0 Å². The van der Waals surface area contributed by atoms with Crippen LogP contribution < -0.4 is 5.69 Å². The molecule has 1 aromatic carbocycles. The van der Waals surface area contributed by atoms with Crippen molar-refractivity contribution in [2.24, 2.45) is 0 Å². The Balaban J connectivity index is 1.81. The Morgan fingerprint density at radius 2 is 1.81 bits per heavy atom. The third-order valence-corrected chi connectivity index (χ3v) is 3.86. The van der Waals surface area contributed by atoms with Crippen LogP contribution in [0.2, 0.25) is 0 Å². The van der Waals surface area contributed by atoms with Gasteiger partial charge in [-0.2, -0.15) is 9.36 Å². The van der Waals surface area contributed by atoms with Gasteiger partial charge in [-0.3, -0.25) is 4.79 Å². The number of carbonyl (C=O) groups excluding carboxylic acids is 1. The first-order chi connectivity index (χ1) is 10.2. The van der Waals surface area contributed by atoms with Crippen molar-refractivity contribution in [2.75, 3.05) is 13.1 Å². The molecular formula is C14H17N5O2. The fourth-order valence-electron chi connectivity index (χ4n) is 2.64. The summed E-state index contributed by atoms with van der Waals surface area (Å²) in [7, 11) is 0. The van der Waals surface area contributed by atoms with Crippen molar-refractivity contribution in [3.63, 3.8) is 0 Å². The lowest BCUT2D eigenvalue weighted by Crippen LogP contribution is -2.40. The molecule has 0 N–H and O–H groups in total. The van der Waals surface area contributed by atoms with Crippen molar-refractivity contribution in [3.8, 4) is 5.69 Å². The summed E-state index contributed by atoms with van der Waals surface area (Å²) >= 11 is 0. The monoisotopic (exact) mass is 287 g/mol. The van der Waals surface area contributed by atoms with E-state index in [2.05, 4.69) is 10.4 Å². The molecule has 3 rings (SSSR count). The molecule has 1 aliphatic heterocycles. The smallest absolute Gasteiger partial charge is 0.343 e. The first kappa shape index (κ1) is 13.5. The average Bonchev–Trinajstić information content (AvgIpc) is 2.90. The molecule has 110 valence electrons. The zero-order chi connectivity index (χ0) is 14.8. The van der Waals surface area contributed by atoms with Gasteiger partial charge in [-0.25, -0.2) is 4.79 Å². The predicted molar refractivity (Wildman–Crippen MR) is 76.1 cm³/mol. The van der Waals surface area contributed by atoms with E-state index in [0.29, 0.717) is 18.8 Å². The lowest BCUT2D eigenvalue weighted by atomic mass is 10.1. The highest BCUT2D eigenvalue weighted by Gasteiger charge is 2.25. The molecule has 1 aromatic heterocycles. The van der Waals surface area contributed by atoms with Crippen molar-refractivity contribution in [1.29, 1.82) is 0 Å². The number of likely N-dealkylation sites (tertiary alicyclic amines) is 1. The summed E-state index contributed by atoms with van der Waals surface area (Å²) in [4.78, 5) is 25.5. The molecule has 0 spiro atoms. The molecule has 0 saturated carbocycles. The van der Waals surface area contributed by atoms with Gasteiger partial charge in [0.25, 0.3) is 0 Å². The summed E-state index contributed by atoms with van der Waals surface area (Å²) in [6.07, 6.45) is 1.46. The largest absolute Gasteiger partial charge is 0.368 e. The summed E-state index contributed by atoms with van der Waals surface area (Å²) < 4.78 is 2.74. The van der Waals surface area contributed by atoms with E-state index < -0.39 is 0 Å². The van der Waals surface area contributed by atoms with E-state index in [0.717, 1.165) is 12.8 Å². The van der Waals surface area contributed by atoms with Gasteiger partial charge in [-0.15, -0.1) is 0 Å². The predicted octanol–water partition coefficient (Wildman–Crippen LogP) is 0.612. The van der Waals surface area contributed by atoms with Crippen LogP contribution in [0.3, 0.4) is 0 Å². The lowest BCUT2D eigenvalue weighted by Gasteiger charge is -2.30. The number of aromatic nitrogens is 4. The first-order valence-corrected chi connectivity index (χ1v) is 7.02. The number of amides is 1. The Labute approximate surface area is 121 Å². The second-order valence-electron chi connectivity index (χ2n) is 5.19. The Bertz CT molecular complexity index is 683. The molecule has 1 saturated heterocycles. The molecule has 7 nitrogen and oxygen atoms in total. The Morgan fingerprint density at radius 3 is 2.43 bits per heavy atom. The fourth-order valence-corrected chi connectivity index (χ4v) is 2.64. The Kier molecular flexibility index (Phi) is 3.55. The van der Waals surface area contributed by atoms with E-state index in [9.17, 15) is 9.59 Å². The van der Waals surface area contributed by atoms with Crippen LogP contribution in [0.15, 0.2) is 35.1 Å². The molecule has 7 heteroatoms. The van der Waals surface area contributed by atoms with Crippen molar-refractivity contribution in [3.05, 3.63) is 40.8 Å². The molecule has 2 aromatic rings. The maximum atomic E-state index is 12.4. The number of hydrogen-bond donors (Lipinski definition) is 0. The van der Waals surface area contributed by atoms with Gasteiger partial charge in [-0.1, -0.05) is 18.2 Å². The van der Waals surface area contributed by atoms with E-state index in [1.54, 1.807) is 11.8 Å². The van der Waals surface area contributed by atoms with Gasteiger partial charge < -0.3 is 4.90 Å². The van der Waals surface area contributed by atoms with E-state index in [1.165, 1.54) is 9.36 Å². The average molecular weight is 287 g/mol. The molecule has 0 aliphatic carbocycles. The van der Waals surface area contributed by atoms with Gasteiger partial charge in [0.05, 0.1) is 11.7 Å². The molecule has 0 radical (unpaired) electrons. The molecule has 21 heavy (non-hydrogen) atoms. The Morgan fingerprint density at radius 1 is 1.14 bits per heavy atom. The minimum Gasteiger partial charge on any atom is -0.343 e. The third kappa shape index (κ3) is 2.58. The number of hydrogen-bond acceptors (Lipinski definition) is 4. The number of piperidine rings is 1. The zero-order valence-corrected chi connectivity index (χ0v) is 11.8. The van der Waals surface area contributed by atoms with Gasteiger partial charge in [0.15, 0.2) is 0 Å². The van der Waals surface area contributed by atoms with Crippen molar-refractivity contribution in [2.45, 2.75) is 25.8 Å². The quantitative estimate of drug-likeness (QED) is 0.811. The fraction of sp³-hybridized carbons (Fsp3) is 0.429. The number of nitrogens with zero attached hydrogens (tertiary/aromatic N) is 5. The van der Waals surface area contributed by atoms with Gasteiger partial charge in [0.1, 0.15) is 0 Å². The highest BCUT2D eigenvalue weighted by Crippen LogP contribution is 2.20. The van der Waals surface area contributed by atoms with Gasteiger partial charge in [0.2, 0.25) is 5.91 Å². The van der Waals surface area contributed by atoms with E-state index in [1.807, 2.05) is 30.3 Å². The standard InChI is InChI=1S/C14H17N5O2/c1-11(20)17-9-7-13(8-10-17)19-14(21)18(15-16-19)12-5-3-2-4-6-12/h2-6,13H,7-10H2,1H3. The summed E-state index contributed by atoms with van der Waals surface area (Å²) in [5.74, 6) is 0.0775. The van der Waals surface area contributed by atoms with Gasteiger partial charge >= 0.3 is 5.69 Å². The zero-order valence-electron chi connectivity index (χ0n) is 11.8. The minimum atomic E-state index is -0.234. The number of carbonyl (C=O) groups is 1. The summed E-state index contributed by atoms with van der Waals surface area (Å²) in [5.41, 5.74) is 0.470. The molecule has 1 aliphatic rings. The van der Waals surface area contributed by atoms with E-state index in [-0.39, 0.29) is 17.6 Å². The van der Waals surface area contributed by atoms with Crippen LogP contribution in [-0.2, 0) is 4.79 Å². The molecule has 2 heterocycles. The SMILES string of the molecule is CC(=O)N1CCC(n2nnn(-c3ccccc3)c2=O)CC1. The van der Waals surface area contributed by atoms with Crippen LogP contribution in [0.1, 0.15) is 25.8 Å². The number of benzene rings is 1. The number of para-hydroxylation sites is 1. The number of tetrazole rings is 1. The van der Waals surface area contributed by atoms with Crippen LogP contribution >= 0.6 is 0 Å². The molecule has 0 atom stereocenters. The Hall–Kier alpha value is -2.44. The second-order valence-corrected chi connectivity index (χ2v) is 5.19. The van der Waals surface area contributed by atoms with Crippen molar-refractivity contribution >= 4 is 5.91 Å². The maximum absolute atomic E-state index is 12.4. The van der Waals surface area contributed by atoms with E-state index >= 15 is 0 Å². The van der Waals surface area contributed by atoms with Crippen LogP contribution in [0.5, 0.6) is 0 Å². The van der Waals surface area contributed by atoms with Crippen LogP contribution in [0.25, 0.3) is 5.69 Å². The van der Waals surface area contributed by atoms with Gasteiger partial charge in [-0.05, 0) is 35.4 Å². The van der Waals surface area contributed by atoms with E-state index in [4.69, 9.17) is 0 Å². The first-order valence-electron chi connectivity index (χ1n) is 7.02.